The van der Waals surface area contributed by atoms with Gasteiger partial charge >= 0.3 is 0 Å². The van der Waals surface area contributed by atoms with E-state index in [4.69, 9.17) is 23.2 Å². The van der Waals surface area contributed by atoms with Crippen LogP contribution in [0.4, 0.5) is 0 Å². The van der Waals surface area contributed by atoms with Gasteiger partial charge in [-0.15, -0.1) is 23.2 Å². The SMILES string of the molecule is C[N+](C)(CCCCCC[N+](C)(C)CC(O)CCl)CC(O)CCl. The summed E-state index contributed by atoms with van der Waals surface area (Å²) in [7, 11) is 8.57. The van der Waals surface area contributed by atoms with Crippen molar-refractivity contribution in [3.05, 3.63) is 0 Å². The molecule has 134 valence electrons. The summed E-state index contributed by atoms with van der Waals surface area (Å²) in [6, 6.07) is 0. The van der Waals surface area contributed by atoms with Gasteiger partial charge in [0.05, 0.1) is 53.0 Å². The molecule has 0 aliphatic carbocycles. The molecule has 0 amide bonds. The van der Waals surface area contributed by atoms with Crippen LogP contribution in [-0.2, 0) is 0 Å². The van der Waals surface area contributed by atoms with E-state index in [0.717, 1.165) is 22.1 Å². The van der Waals surface area contributed by atoms with E-state index in [-0.39, 0.29) is 0 Å². The Morgan fingerprint density at radius 2 is 1.00 bits per heavy atom. The molecule has 0 aromatic rings. The first-order valence-corrected chi connectivity index (χ1v) is 9.31. The number of likely N-dealkylation sites (N-methyl/N-ethyl adjacent to an activating group) is 2. The molecule has 0 bridgehead atoms. The topological polar surface area (TPSA) is 40.5 Å². The van der Waals surface area contributed by atoms with Gasteiger partial charge < -0.3 is 19.2 Å². The molecule has 0 fully saturated rings. The third-order valence-corrected chi connectivity index (χ3v) is 4.76. The van der Waals surface area contributed by atoms with Gasteiger partial charge in [-0.3, -0.25) is 0 Å². The zero-order valence-corrected chi connectivity index (χ0v) is 16.3. The van der Waals surface area contributed by atoms with Gasteiger partial charge in [0.1, 0.15) is 25.3 Å². The smallest absolute Gasteiger partial charge is 0.116 e. The van der Waals surface area contributed by atoms with Crippen molar-refractivity contribution in [3.8, 4) is 0 Å². The van der Waals surface area contributed by atoms with Crippen molar-refractivity contribution < 1.29 is 19.2 Å². The van der Waals surface area contributed by atoms with Crippen molar-refractivity contribution in [1.82, 2.24) is 0 Å². The fraction of sp³-hybridized carbons (Fsp3) is 1.00. The summed E-state index contributed by atoms with van der Waals surface area (Å²) in [5, 5.41) is 19.3. The predicted octanol–water partition coefficient (Wildman–Crippen LogP) is 1.90. The maximum absolute atomic E-state index is 9.64. The van der Waals surface area contributed by atoms with E-state index in [1.165, 1.54) is 25.7 Å². The highest BCUT2D eigenvalue weighted by atomic mass is 35.5. The van der Waals surface area contributed by atoms with Crippen LogP contribution in [0.2, 0.25) is 0 Å². The highest BCUT2D eigenvalue weighted by Gasteiger charge is 2.20. The zero-order valence-electron chi connectivity index (χ0n) is 14.8. The fourth-order valence-corrected chi connectivity index (χ4v) is 3.05. The minimum Gasteiger partial charge on any atom is -0.386 e. The molecular weight excluding hydrogens is 323 g/mol. The Bertz CT molecular complexity index is 261. The number of unbranched alkanes of at least 4 members (excludes halogenated alkanes) is 3. The lowest BCUT2D eigenvalue weighted by atomic mass is 10.1. The standard InChI is InChI=1S/C16H36Cl2N2O2/c1-19(2,13-15(21)11-17)9-7-5-6-8-10-20(3,4)14-16(22)12-18/h15-16,21-22H,5-14H2,1-4H3/q+2. The first-order valence-electron chi connectivity index (χ1n) is 8.24. The van der Waals surface area contributed by atoms with E-state index >= 15 is 0 Å². The first-order chi connectivity index (χ1) is 10.1. The third kappa shape index (κ3) is 11.9. The molecule has 0 heterocycles. The van der Waals surface area contributed by atoms with Gasteiger partial charge in [0, 0.05) is 0 Å². The Labute approximate surface area is 146 Å². The Morgan fingerprint density at radius 3 is 1.27 bits per heavy atom. The molecule has 0 rings (SSSR count). The number of aliphatic hydroxyl groups is 2. The van der Waals surface area contributed by atoms with Crippen LogP contribution >= 0.6 is 23.2 Å². The van der Waals surface area contributed by atoms with Crippen LogP contribution in [0.5, 0.6) is 0 Å². The highest BCUT2D eigenvalue weighted by Crippen LogP contribution is 2.10. The molecule has 22 heavy (non-hydrogen) atoms. The molecule has 4 nitrogen and oxygen atoms in total. The van der Waals surface area contributed by atoms with Crippen molar-refractivity contribution in [2.45, 2.75) is 37.9 Å². The molecule has 0 spiro atoms. The summed E-state index contributed by atoms with van der Waals surface area (Å²) in [6.07, 6.45) is 3.92. The number of alkyl halides is 2. The van der Waals surface area contributed by atoms with Gasteiger partial charge in [0.2, 0.25) is 0 Å². The number of rotatable bonds is 13. The lowest BCUT2D eigenvalue weighted by Crippen LogP contribution is -2.46. The van der Waals surface area contributed by atoms with Crippen molar-refractivity contribution in [3.63, 3.8) is 0 Å². The third-order valence-electron chi connectivity index (χ3n) is 4.04. The molecule has 0 radical (unpaired) electrons. The zero-order chi connectivity index (χ0) is 17.2. The number of nitrogens with zero attached hydrogens (tertiary/aromatic N) is 2. The van der Waals surface area contributed by atoms with Crippen LogP contribution in [0.1, 0.15) is 25.7 Å². The number of quaternary nitrogens is 2. The monoisotopic (exact) mass is 358 g/mol. The van der Waals surface area contributed by atoms with Crippen molar-refractivity contribution in [1.29, 1.82) is 0 Å². The quantitative estimate of drug-likeness (QED) is 0.300. The minimum absolute atomic E-state index is 0.308. The van der Waals surface area contributed by atoms with E-state index in [1.54, 1.807) is 0 Å². The van der Waals surface area contributed by atoms with E-state index in [0.29, 0.717) is 24.8 Å². The van der Waals surface area contributed by atoms with Crippen LogP contribution in [0, 0.1) is 0 Å². The van der Waals surface area contributed by atoms with Gasteiger partial charge in [-0.1, -0.05) is 0 Å². The average Bonchev–Trinajstić information content (AvgIpc) is 2.41. The maximum Gasteiger partial charge on any atom is 0.116 e. The first kappa shape index (κ1) is 22.4. The number of hydrogen-bond acceptors (Lipinski definition) is 2. The molecule has 0 aromatic heterocycles. The molecule has 2 N–H and O–H groups in total. The molecule has 6 heteroatoms. The van der Waals surface area contributed by atoms with Crippen LogP contribution in [0.15, 0.2) is 0 Å². The maximum atomic E-state index is 9.64. The van der Waals surface area contributed by atoms with Crippen molar-refractivity contribution in [2.75, 3.05) is 66.1 Å². The van der Waals surface area contributed by atoms with Gasteiger partial charge in [-0.25, -0.2) is 0 Å². The van der Waals surface area contributed by atoms with E-state index in [9.17, 15) is 10.2 Å². The highest BCUT2D eigenvalue weighted by molar-refractivity contribution is 6.18. The summed E-state index contributed by atoms with van der Waals surface area (Å²) in [5.41, 5.74) is 0. The molecule has 0 saturated heterocycles. The van der Waals surface area contributed by atoms with Crippen LogP contribution in [-0.4, -0.2) is 97.5 Å². The lowest BCUT2D eigenvalue weighted by Gasteiger charge is -2.32. The van der Waals surface area contributed by atoms with E-state index < -0.39 is 12.2 Å². The van der Waals surface area contributed by atoms with Gasteiger partial charge in [-0.2, -0.15) is 0 Å². The van der Waals surface area contributed by atoms with Crippen LogP contribution in [0.25, 0.3) is 0 Å². The summed E-state index contributed by atoms with van der Waals surface area (Å²) in [4.78, 5) is 0. The molecular formula is C16H36Cl2N2O2+2. The van der Waals surface area contributed by atoms with Crippen molar-refractivity contribution >= 4 is 23.2 Å². The van der Waals surface area contributed by atoms with E-state index in [1.807, 2.05) is 0 Å². The Morgan fingerprint density at radius 1 is 0.682 bits per heavy atom. The number of halogens is 2. The largest absolute Gasteiger partial charge is 0.386 e. The van der Waals surface area contributed by atoms with Gasteiger partial charge in [0.25, 0.3) is 0 Å². The van der Waals surface area contributed by atoms with Gasteiger partial charge in [-0.05, 0) is 25.7 Å². The molecule has 0 saturated carbocycles. The Hall–Kier alpha value is 0.420. The fourth-order valence-electron chi connectivity index (χ4n) is 2.85. The van der Waals surface area contributed by atoms with Crippen LogP contribution < -0.4 is 0 Å². The average molecular weight is 359 g/mol. The summed E-state index contributed by atoms with van der Waals surface area (Å²) in [5.74, 6) is 0.617. The summed E-state index contributed by atoms with van der Waals surface area (Å²) in [6.45, 7) is 3.56. The number of hydrogen-bond donors (Lipinski definition) is 2. The van der Waals surface area contributed by atoms with Crippen molar-refractivity contribution in [2.24, 2.45) is 0 Å². The molecule has 0 aliphatic rings. The second kappa shape index (κ2) is 11.1. The predicted molar refractivity (Wildman–Crippen MR) is 95.6 cm³/mol. The normalized spacial score (nSPS) is 15.8. The molecule has 2 atom stereocenters. The second-order valence-corrected chi connectivity index (χ2v) is 8.33. The van der Waals surface area contributed by atoms with Crippen LogP contribution in [0.3, 0.4) is 0 Å². The Balaban J connectivity index is 3.77. The Kier molecular flexibility index (Phi) is 11.3. The summed E-state index contributed by atoms with van der Waals surface area (Å²) >= 11 is 11.3. The summed E-state index contributed by atoms with van der Waals surface area (Å²) < 4.78 is 1.63. The minimum atomic E-state index is -0.414. The second-order valence-electron chi connectivity index (χ2n) is 7.71. The lowest BCUT2D eigenvalue weighted by molar-refractivity contribution is -0.894. The van der Waals surface area contributed by atoms with Gasteiger partial charge in [0.15, 0.2) is 0 Å². The molecule has 0 aliphatic heterocycles. The van der Waals surface area contributed by atoms with E-state index in [2.05, 4.69) is 28.2 Å². The number of aliphatic hydroxyl groups excluding tert-OH is 2. The molecule has 0 aromatic carbocycles. The molecule has 2 unspecified atom stereocenters.